The predicted octanol–water partition coefficient (Wildman–Crippen LogP) is 2.23. The van der Waals surface area contributed by atoms with Crippen molar-refractivity contribution in [3.63, 3.8) is 0 Å². The Morgan fingerprint density at radius 2 is 1.90 bits per heavy atom. The second-order valence-corrected chi connectivity index (χ2v) is 5.11. The molecule has 0 aliphatic carbocycles. The Bertz CT molecular complexity index is 439. The monoisotopic (exact) mass is 281 g/mol. The van der Waals surface area contributed by atoms with Gasteiger partial charge in [-0.15, -0.1) is 0 Å². The van der Waals surface area contributed by atoms with Gasteiger partial charge < -0.3 is 14.4 Å². The second-order valence-electron chi connectivity index (χ2n) is 5.11. The number of ether oxygens (including phenoxy) is 2. The Morgan fingerprint density at radius 3 is 2.50 bits per heavy atom. The van der Waals surface area contributed by atoms with Gasteiger partial charge in [-0.2, -0.15) is 0 Å². The summed E-state index contributed by atoms with van der Waals surface area (Å²) in [5.41, 5.74) is 0. The van der Waals surface area contributed by atoms with Crippen LogP contribution < -0.4 is 4.74 Å². The van der Waals surface area contributed by atoms with Crippen molar-refractivity contribution in [2.45, 2.75) is 32.5 Å². The van der Waals surface area contributed by atoms with E-state index in [1.165, 1.54) is 12.1 Å². The first-order valence-electron chi connectivity index (χ1n) is 6.86. The van der Waals surface area contributed by atoms with Crippen molar-refractivity contribution in [2.24, 2.45) is 0 Å². The minimum Gasteiger partial charge on any atom is -0.493 e. The van der Waals surface area contributed by atoms with Gasteiger partial charge in [-0.05, 0) is 38.1 Å². The van der Waals surface area contributed by atoms with Gasteiger partial charge in [0.1, 0.15) is 11.6 Å². The van der Waals surface area contributed by atoms with Crippen LogP contribution in [0.25, 0.3) is 0 Å². The molecule has 1 fully saturated rings. The number of morpholine rings is 1. The van der Waals surface area contributed by atoms with Gasteiger partial charge in [0.25, 0.3) is 0 Å². The zero-order valence-electron chi connectivity index (χ0n) is 11.8. The minimum absolute atomic E-state index is 0.0640. The SMILES string of the molecule is C[C@H]1CN(C(=O)CCOc2ccc(F)cc2)C[C@H](C)O1. The van der Waals surface area contributed by atoms with Crippen LogP contribution in [0.3, 0.4) is 0 Å². The van der Waals surface area contributed by atoms with Gasteiger partial charge in [-0.1, -0.05) is 0 Å². The summed E-state index contributed by atoms with van der Waals surface area (Å²) in [5.74, 6) is 0.335. The zero-order chi connectivity index (χ0) is 14.5. The average Bonchev–Trinajstić information content (AvgIpc) is 2.40. The molecular formula is C15H20FNO3. The van der Waals surface area contributed by atoms with Gasteiger partial charge in [-0.25, -0.2) is 4.39 Å². The number of hydrogen-bond acceptors (Lipinski definition) is 3. The van der Waals surface area contributed by atoms with E-state index in [9.17, 15) is 9.18 Å². The van der Waals surface area contributed by atoms with E-state index in [-0.39, 0.29) is 23.9 Å². The third-order valence-corrected chi connectivity index (χ3v) is 3.17. The molecule has 2 atom stereocenters. The number of rotatable bonds is 4. The first-order chi connectivity index (χ1) is 9.54. The number of carbonyl (C=O) groups is 1. The van der Waals surface area contributed by atoms with E-state index in [0.717, 1.165) is 0 Å². The Hall–Kier alpha value is -1.62. The summed E-state index contributed by atoms with van der Waals surface area (Å²) >= 11 is 0. The van der Waals surface area contributed by atoms with Crippen molar-refractivity contribution in [1.82, 2.24) is 4.90 Å². The first kappa shape index (κ1) is 14.8. The number of benzene rings is 1. The van der Waals surface area contributed by atoms with Crippen molar-refractivity contribution < 1.29 is 18.7 Å². The molecule has 0 saturated carbocycles. The lowest BCUT2D eigenvalue weighted by atomic mass is 10.2. The van der Waals surface area contributed by atoms with Crippen LogP contribution in [0.15, 0.2) is 24.3 Å². The molecule has 1 saturated heterocycles. The van der Waals surface area contributed by atoms with E-state index in [0.29, 0.717) is 31.9 Å². The number of halogens is 1. The lowest BCUT2D eigenvalue weighted by Gasteiger charge is -2.35. The van der Waals surface area contributed by atoms with E-state index in [2.05, 4.69) is 0 Å². The number of amides is 1. The molecule has 1 aliphatic heterocycles. The van der Waals surface area contributed by atoms with E-state index in [1.807, 2.05) is 18.7 Å². The molecule has 1 aliphatic rings. The largest absolute Gasteiger partial charge is 0.493 e. The molecule has 4 nitrogen and oxygen atoms in total. The Morgan fingerprint density at radius 1 is 1.30 bits per heavy atom. The molecule has 1 aromatic carbocycles. The van der Waals surface area contributed by atoms with Crippen molar-refractivity contribution in [3.8, 4) is 5.75 Å². The maximum atomic E-state index is 12.7. The van der Waals surface area contributed by atoms with Gasteiger partial charge in [0.05, 0.1) is 25.2 Å². The summed E-state index contributed by atoms with van der Waals surface area (Å²) in [6, 6.07) is 5.78. The minimum atomic E-state index is -0.301. The highest BCUT2D eigenvalue weighted by Crippen LogP contribution is 2.13. The first-order valence-corrected chi connectivity index (χ1v) is 6.86. The van der Waals surface area contributed by atoms with Crippen molar-refractivity contribution in [1.29, 1.82) is 0 Å². The maximum Gasteiger partial charge on any atom is 0.226 e. The summed E-state index contributed by atoms with van der Waals surface area (Å²) in [6.07, 6.45) is 0.457. The highest BCUT2D eigenvalue weighted by molar-refractivity contribution is 5.76. The molecule has 2 rings (SSSR count). The number of hydrogen-bond donors (Lipinski definition) is 0. The van der Waals surface area contributed by atoms with Gasteiger partial charge in [-0.3, -0.25) is 4.79 Å². The summed E-state index contributed by atoms with van der Waals surface area (Å²) in [4.78, 5) is 13.9. The van der Waals surface area contributed by atoms with Crippen molar-refractivity contribution in [3.05, 3.63) is 30.1 Å². The average molecular weight is 281 g/mol. The van der Waals surface area contributed by atoms with Crippen molar-refractivity contribution in [2.75, 3.05) is 19.7 Å². The van der Waals surface area contributed by atoms with Crippen LogP contribution in [0, 0.1) is 5.82 Å². The van der Waals surface area contributed by atoms with Crippen LogP contribution in [-0.2, 0) is 9.53 Å². The Kier molecular flexibility index (Phi) is 4.95. The van der Waals surface area contributed by atoms with Crippen molar-refractivity contribution >= 4 is 5.91 Å². The van der Waals surface area contributed by atoms with E-state index >= 15 is 0 Å². The third kappa shape index (κ3) is 4.20. The van der Waals surface area contributed by atoms with Crippen LogP contribution in [0.2, 0.25) is 0 Å². The van der Waals surface area contributed by atoms with Crippen LogP contribution in [-0.4, -0.2) is 42.7 Å². The summed E-state index contributed by atoms with van der Waals surface area (Å²) in [5, 5.41) is 0. The molecule has 1 aromatic rings. The predicted molar refractivity (Wildman–Crippen MR) is 73.1 cm³/mol. The molecule has 1 heterocycles. The number of carbonyl (C=O) groups excluding carboxylic acids is 1. The van der Waals surface area contributed by atoms with Crippen LogP contribution >= 0.6 is 0 Å². The smallest absolute Gasteiger partial charge is 0.226 e. The highest BCUT2D eigenvalue weighted by Gasteiger charge is 2.25. The van der Waals surface area contributed by atoms with Gasteiger partial charge >= 0.3 is 0 Å². The summed E-state index contributed by atoms with van der Waals surface area (Å²) in [6.45, 7) is 5.47. The maximum absolute atomic E-state index is 12.7. The topological polar surface area (TPSA) is 38.8 Å². The molecule has 0 aromatic heterocycles. The molecule has 110 valence electrons. The second kappa shape index (κ2) is 6.70. The fourth-order valence-electron chi connectivity index (χ4n) is 2.33. The normalized spacial score (nSPS) is 22.6. The summed E-state index contributed by atoms with van der Waals surface area (Å²) < 4.78 is 23.7. The van der Waals surface area contributed by atoms with E-state index in [4.69, 9.17) is 9.47 Å². The van der Waals surface area contributed by atoms with Gasteiger partial charge in [0.15, 0.2) is 0 Å². The molecule has 1 amide bonds. The Balaban J connectivity index is 1.76. The third-order valence-electron chi connectivity index (χ3n) is 3.17. The molecule has 0 spiro atoms. The lowest BCUT2D eigenvalue weighted by molar-refractivity contribution is -0.143. The molecular weight excluding hydrogens is 261 g/mol. The molecule has 20 heavy (non-hydrogen) atoms. The fraction of sp³-hybridized carbons (Fsp3) is 0.533. The molecule has 0 unspecified atom stereocenters. The standard InChI is InChI=1S/C15H20FNO3/c1-11-9-17(10-12(2)20-11)15(18)7-8-19-14-5-3-13(16)4-6-14/h3-6,11-12H,7-10H2,1-2H3/t11-,12-/m0/s1. The molecule has 5 heteroatoms. The quantitative estimate of drug-likeness (QED) is 0.849. The Labute approximate surface area is 118 Å². The van der Waals surface area contributed by atoms with E-state index in [1.54, 1.807) is 12.1 Å². The van der Waals surface area contributed by atoms with Gasteiger partial charge in [0, 0.05) is 13.1 Å². The van der Waals surface area contributed by atoms with Crippen LogP contribution in [0.4, 0.5) is 4.39 Å². The van der Waals surface area contributed by atoms with Crippen LogP contribution in [0.1, 0.15) is 20.3 Å². The zero-order valence-corrected chi connectivity index (χ0v) is 11.8. The molecule has 0 radical (unpaired) electrons. The molecule has 0 N–H and O–H groups in total. The van der Waals surface area contributed by atoms with Gasteiger partial charge in [0.2, 0.25) is 5.91 Å². The highest BCUT2D eigenvalue weighted by atomic mass is 19.1. The number of nitrogens with zero attached hydrogens (tertiary/aromatic N) is 1. The van der Waals surface area contributed by atoms with E-state index < -0.39 is 0 Å². The fourth-order valence-corrected chi connectivity index (χ4v) is 2.33. The van der Waals surface area contributed by atoms with Crippen LogP contribution in [0.5, 0.6) is 5.75 Å². The summed E-state index contributed by atoms with van der Waals surface area (Å²) in [7, 11) is 0. The lowest BCUT2D eigenvalue weighted by Crippen LogP contribution is -2.48. The molecule has 0 bridgehead atoms.